The van der Waals surface area contributed by atoms with Crippen molar-refractivity contribution in [2.24, 2.45) is 10.4 Å². The van der Waals surface area contributed by atoms with Gasteiger partial charge in [0.2, 0.25) is 0 Å². The first kappa shape index (κ1) is 16.9. The zero-order chi connectivity index (χ0) is 17.0. The zero-order valence-corrected chi connectivity index (χ0v) is 14.8. The van der Waals surface area contributed by atoms with Crippen molar-refractivity contribution in [2.75, 3.05) is 33.3 Å². The molecular formula is C19H29N3O2. The summed E-state index contributed by atoms with van der Waals surface area (Å²) < 4.78 is 5.17. The molecule has 1 saturated carbocycles. The van der Waals surface area contributed by atoms with Crippen LogP contribution in [0.3, 0.4) is 0 Å². The summed E-state index contributed by atoms with van der Waals surface area (Å²) in [7, 11) is 1.57. The second-order valence-electron chi connectivity index (χ2n) is 7.02. The van der Waals surface area contributed by atoms with E-state index in [4.69, 9.17) is 9.73 Å². The Labute approximate surface area is 144 Å². The van der Waals surface area contributed by atoms with Crippen LogP contribution in [0.1, 0.15) is 38.2 Å². The predicted molar refractivity (Wildman–Crippen MR) is 96.8 cm³/mol. The molecule has 1 aliphatic carbocycles. The third kappa shape index (κ3) is 3.60. The maximum atomic E-state index is 9.67. The van der Waals surface area contributed by atoms with Crippen LogP contribution in [0, 0.1) is 5.41 Å². The molecule has 1 spiro atoms. The molecule has 0 unspecified atom stereocenters. The molecule has 3 rings (SSSR count). The number of methoxy groups -OCH3 is 1. The molecule has 0 bridgehead atoms. The number of nitrogens with one attached hydrogen (secondary N) is 1. The number of hydrogen-bond donors (Lipinski definition) is 2. The first-order valence-corrected chi connectivity index (χ1v) is 9.05. The van der Waals surface area contributed by atoms with Crippen LogP contribution in [0.15, 0.2) is 23.2 Å². The Morgan fingerprint density at radius 3 is 2.83 bits per heavy atom. The monoisotopic (exact) mass is 331 g/mol. The molecule has 5 heteroatoms. The normalized spacial score (nSPS) is 19.4. The van der Waals surface area contributed by atoms with Gasteiger partial charge in [0.1, 0.15) is 0 Å². The van der Waals surface area contributed by atoms with Crippen molar-refractivity contribution in [3.63, 3.8) is 0 Å². The molecule has 0 aromatic heterocycles. The molecule has 1 heterocycles. The quantitative estimate of drug-likeness (QED) is 0.643. The molecule has 2 N–H and O–H groups in total. The maximum Gasteiger partial charge on any atom is 0.193 e. The number of rotatable bonds is 5. The fourth-order valence-electron chi connectivity index (χ4n) is 3.80. The van der Waals surface area contributed by atoms with Crippen molar-refractivity contribution in [3.05, 3.63) is 23.8 Å². The van der Waals surface area contributed by atoms with Crippen LogP contribution >= 0.6 is 0 Å². The van der Waals surface area contributed by atoms with E-state index in [0.717, 1.165) is 44.1 Å². The van der Waals surface area contributed by atoms with E-state index in [2.05, 4.69) is 17.1 Å². The van der Waals surface area contributed by atoms with E-state index in [0.29, 0.717) is 11.2 Å². The number of phenols is 1. The molecule has 0 atom stereocenters. The number of likely N-dealkylation sites (tertiary alicyclic amines) is 1. The van der Waals surface area contributed by atoms with Crippen molar-refractivity contribution in [2.45, 2.75) is 39.0 Å². The average molecular weight is 331 g/mol. The van der Waals surface area contributed by atoms with Crippen LogP contribution in [0.4, 0.5) is 0 Å². The van der Waals surface area contributed by atoms with Crippen LogP contribution in [0.5, 0.6) is 11.5 Å². The number of ether oxygens (including phenoxy) is 1. The zero-order valence-electron chi connectivity index (χ0n) is 14.8. The highest BCUT2D eigenvalue weighted by atomic mass is 16.5. The molecule has 0 amide bonds. The summed E-state index contributed by atoms with van der Waals surface area (Å²) in [5.74, 6) is 1.75. The topological polar surface area (TPSA) is 57.1 Å². The molecule has 24 heavy (non-hydrogen) atoms. The average Bonchev–Trinajstić information content (AvgIpc) is 3.01. The van der Waals surface area contributed by atoms with Gasteiger partial charge >= 0.3 is 0 Å². The third-order valence-electron chi connectivity index (χ3n) is 5.39. The summed E-state index contributed by atoms with van der Waals surface area (Å²) in [5, 5.41) is 13.1. The van der Waals surface area contributed by atoms with E-state index >= 15 is 0 Å². The molecule has 132 valence electrons. The second kappa shape index (κ2) is 7.32. The summed E-state index contributed by atoms with van der Waals surface area (Å²) in [6.45, 7) is 6.04. The predicted octanol–water partition coefficient (Wildman–Crippen LogP) is 2.78. The van der Waals surface area contributed by atoms with Crippen LogP contribution in [-0.2, 0) is 6.42 Å². The Balaban J connectivity index is 1.60. The van der Waals surface area contributed by atoms with Crippen molar-refractivity contribution in [1.29, 1.82) is 0 Å². The van der Waals surface area contributed by atoms with Gasteiger partial charge in [0.25, 0.3) is 0 Å². The lowest BCUT2D eigenvalue weighted by molar-refractivity contribution is 0.151. The number of phenolic OH excluding ortho intramolecular Hbond substituents is 1. The molecule has 1 aromatic carbocycles. The smallest absolute Gasteiger partial charge is 0.193 e. The van der Waals surface area contributed by atoms with Crippen LogP contribution in [0.25, 0.3) is 0 Å². The minimum Gasteiger partial charge on any atom is -0.504 e. The summed E-state index contributed by atoms with van der Waals surface area (Å²) in [6.07, 6.45) is 6.31. The van der Waals surface area contributed by atoms with E-state index in [1.54, 1.807) is 13.2 Å². The first-order valence-electron chi connectivity index (χ1n) is 9.05. The summed E-state index contributed by atoms with van der Waals surface area (Å²) >= 11 is 0. The van der Waals surface area contributed by atoms with E-state index in [1.807, 2.05) is 12.1 Å². The fraction of sp³-hybridized carbons (Fsp3) is 0.632. The molecule has 2 aliphatic rings. The lowest BCUT2D eigenvalue weighted by atomic mass is 9.68. The largest absolute Gasteiger partial charge is 0.504 e. The van der Waals surface area contributed by atoms with Gasteiger partial charge in [0.05, 0.1) is 7.11 Å². The second-order valence-corrected chi connectivity index (χ2v) is 7.02. The lowest BCUT2D eigenvalue weighted by Gasteiger charge is -2.38. The van der Waals surface area contributed by atoms with Crippen molar-refractivity contribution in [3.8, 4) is 11.5 Å². The Morgan fingerprint density at radius 1 is 1.38 bits per heavy atom. The van der Waals surface area contributed by atoms with Crippen molar-refractivity contribution in [1.82, 2.24) is 10.2 Å². The highest BCUT2D eigenvalue weighted by Gasteiger charge is 2.43. The minimum absolute atomic E-state index is 0.181. The number of nitrogens with zero attached hydrogens (tertiary/aromatic N) is 2. The van der Waals surface area contributed by atoms with Crippen LogP contribution in [0.2, 0.25) is 0 Å². The molecule has 1 saturated heterocycles. The van der Waals surface area contributed by atoms with Gasteiger partial charge in [-0.15, -0.1) is 0 Å². The van der Waals surface area contributed by atoms with Crippen molar-refractivity contribution < 1.29 is 9.84 Å². The standard InChI is InChI=1S/C19H29N3O2/c1-3-20-18(22-12-10-19(14-22)8-4-9-19)21-11-7-15-5-6-16(23)17(13-15)24-2/h5-6,13,23H,3-4,7-12,14H2,1-2H3,(H,20,21). The van der Waals surface area contributed by atoms with E-state index < -0.39 is 0 Å². The van der Waals surface area contributed by atoms with Crippen LogP contribution < -0.4 is 10.1 Å². The van der Waals surface area contributed by atoms with Gasteiger partial charge < -0.3 is 20.1 Å². The van der Waals surface area contributed by atoms with Gasteiger partial charge in [-0.25, -0.2) is 0 Å². The van der Waals surface area contributed by atoms with Gasteiger partial charge in [0, 0.05) is 26.2 Å². The molecule has 0 radical (unpaired) electrons. The number of hydrogen-bond acceptors (Lipinski definition) is 3. The Morgan fingerprint density at radius 2 is 2.21 bits per heavy atom. The highest BCUT2D eigenvalue weighted by molar-refractivity contribution is 5.80. The lowest BCUT2D eigenvalue weighted by Crippen LogP contribution is -2.42. The Hall–Kier alpha value is -1.91. The van der Waals surface area contributed by atoms with Gasteiger partial charge in [0.15, 0.2) is 17.5 Å². The molecular weight excluding hydrogens is 302 g/mol. The van der Waals surface area contributed by atoms with Gasteiger partial charge in [-0.1, -0.05) is 12.5 Å². The summed E-state index contributed by atoms with van der Waals surface area (Å²) in [6, 6.07) is 5.50. The summed E-state index contributed by atoms with van der Waals surface area (Å²) in [4.78, 5) is 7.25. The number of benzene rings is 1. The molecule has 5 nitrogen and oxygen atoms in total. The van der Waals surface area contributed by atoms with Crippen molar-refractivity contribution >= 4 is 5.96 Å². The molecule has 2 fully saturated rings. The first-order chi connectivity index (χ1) is 11.7. The minimum atomic E-state index is 0.181. The Bertz CT molecular complexity index is 596. The molecule has 1 aromatic rings. The number of aliphatic imine (C=N–C) groups is 1. The molecule has 1 aliphatic heterocycles. The number of aromatic hydroxyl groups is 1. The van der Waals surface area contributed by atoms with Gasteiger partial charge in [-0.2, -0.15) is 0 Å². The van der Waals surface area contributed by atoms with E-state index in [9.17, 15) is 5.11 Å². The number of guanidine groups is 1. The third-order valence-corrected chi connectivity index (χ3v) is 5.39. The van der Waals surface area contributed by atoms with Crippen LogP contribution in [-0.4, -0.2) is 49.3 Å². The highest BCUT2D eigenvalue weighted by Crippen LogP contribution is 2.47. The summed E-state index contributed by atoms with van der Waals surface area (Å²) in [5.41, 5.74) is 1.71. The van der Waals surface area contributed by atoms with E-state index in [-0.39, 0.29) is 5.75 Å². The van der Waals surface area contributed by atoms with Gasteiger partial charge in [-0.05, 0) is 55.7 Å². The SMILES string of the molecule is CCNC(=NCCc1ccc(O)c(OC)c1)N1CCC2(CCC2)C1. The van der Waals surface area contributed by atoms with Gasteiger partial charge in [-0.3, -0.25) is 4.99 Å². The maximum absolute atomic E-state index is 9.67. The van der Waals surface area contributed by atoms with E-state index in [1.165, 1.54) is 25.7 Å². The fourth-order valence-corrected chi connectivity index (χ4v) is 3.80. The Kier molecular flexibility index (Phi) is 5.17.